The number of carbonyl (C=O) groups is 2. The van der Waals surface area contributed by atoms with Gasteiger partial charge in [0.1, 0.15) is 0 Å². The summed E-state index contributed by atoms with van der Waals surface area (Å²) in [6.07, 6.45) is 2.86. The van der Waals surface area contributed by atoms with E-state index in [4.69, 9.17) is 10.5 Å². The molecule has 33 heavy (non-hydrogen) atoms. The number of carbonyl (C=O) groups excluding carboxylic acids is 2. The number of aromatic nitrogens is 1. The number of aromatic amines is 1. The molecular weight excluding hydrogens is 420 g/mol. The number of aliphatic imine (C=N–C) groups is 1. The Kier molecular flexibility index (Phi) is 5.99. The van der Waals surface area contributed by atoms with Gasteiger partial charge in [0.15, 0.2) is 5.88 Å². The molecule has 5 N–H and O–H groups in total. The van der Waals surface area contributed by atoms with Crippen LogP contribution in [0.1, 0.15) is 40.5 Å². The Bertz CT molecular complexity index is 1290. The summed E-state index contributed by atoms with van der Waals surface area (Å²) < 4.78 is 4.83. The average Bonchev–Trinajstić information content (AvgIpc) is 3.15. The molecule has 0 spiro atoms. The van der Waals surface area contributed by atoms with Gasteiger partial charge in [0, 0.05) is 22.4 Å². The van der Waals surface area contributed by atoms with E-state index in [1.165, 1.54) is 7.11 Å². The third kappa shape index (κ3) is 4.50. The number of hydrogen-bond acceptors (Lipinski definition) is 6. The van der Waals surface area contributed by atoms with E-state index in [9.17, 15) is 14.7 Å². The molecule has 0 saturated carbocycles. The monoisotopic (exact) mass is 444 g/mol. The standard InChI is InChI=1S/C25H24N4O4/c1-14(22-18-13-16(25(32)33-2)9-12-20(18)28-24(22)31)27-17-10-7-15(8-11-17)23(30)29-21-6-4-3-5-19(21)26/h3-8,10-11,13,28,31H,9,12,26H2,1-2H3,(H,29,30). The van der Waals surface area contributed by atoms with Gasteiger partial charge in [-0.05, 0) is 62.2 Å². The van der Waals surface area contributed by atoms with Gasteiger partial charge in [-0.1, -0.05) is 12.1 Å². The average molecular weight is 444 g/mol. The van der Waals surface area contributed by atoms with Gasteiger partial charge in [0.25, 0.3) is 5.91 Å². The second-order valence-corrected chi connectivity index (χ2v) is 7.69. The Morgan fingerprint density at radius 3 is 2.55 bits per heavy atom. The van der Waals surface area contributed by atoms with E-state index in [1.807, 2.05) is 0 Å². The Hall–Kier alpha value is -4.33. The van der Waals surface area contributed by atoms with E-state index in [1.54, 1.807) is 61.5 Å². The molecule has 4 rings (SSSR count). The van der Waals surface area contributed by atoms with Crippen LogP contribution >= 0.6 is 0 Å². The second kappa shape index (κ2) is 9.04. The molecule has 0 bridgehead atoms. The Balaban J connectivity index is 1.57. The highest BCUT2D eigenvalue weighted by Crippen LogP contribution is 2.33. The van der Waals surface area contributed by atoms with Crippen LogP contribution in [0, 0.1) is 0 Å². The van der Waals surface area contributed by atoms with E-state index < -0.39 is 0 Å². The van der Waals surface area contributed by atoms with Gasteiger partial charge in [-0.2, -0.15) is 0 Å². The number of benzene rings is 2. The Labute approximate surface area is 190 Å². The topological polar surface area (TPSA) is 130 Å². The maximum Gasteiger partial charge on any atom is 0.333 e. The lowest BCUT2D eigenvalue weighted by atomic mass is 9.94. The number of aryl methyl sites for hydroxylation is 1. The lowest BCUT2D eigenvalue weighted by Crippen LogP contribution is -2.12. The first-order valence-corrected chi connectivity index (χ1v) is 10.4. The molecule has 1 aliphatic rings. The van der Waals surface area contributed by atoms with E-state index >= 15 is 0 Å². The summed E-state index contributed by atoms with van der Waals surface area (Å²) >= 11 is 0. The molecule has 2 aromatic carbocycles. The fourth-order valence-electron chi connectivity index (χ4n) is 3.81. The number of nitrogen functional groups attached to an aromatic ring is 1. The fraction of sp³-hybridized carbons (Fsp3) is 0.160. The van der Waals surface area contributed by atoms with Crippen LogP contribution in [0.25, 0.3) is 6.08 Å². The lowest BCUT2D eigenvalue weighted by Gasteiger charge is -2.12. The number of nitrogens with two attached hydrogens (primary N) is 1. The van der Waals surface area contributed by atoms with Crippen molar-refractivity contribution in [1.82, 2.24) is 4.98 Å². The highest BCUT2D eigenvalue weighted by Gasteiger charge is 2.24. The fourth-order valence-corrected chi connectivity index (χ4v) is 3.81. The van der Waals surface area contributed by atoms with E-state index in [-0.39, 0.29) is 17.8 Å². The maximum atomic E-state index is 12.5. The predicted molar refractivity (Wildman–Crippen MR) is 128 cm³/mol. The van der Waals surface area contributed by atoms with Crippen LogP contribution in [0.15, 0.2) is 59.1 Å². The van der Waals surface area contributed by atoms with Crippen LogP contribution in [-0.4, -0.2) is 34.8 Å². The minimum Gasteiger partial charge on any atom is -0.494 e. The smallest absolute Gasteiger partial charge is 0.333 e. The highest BCUT2D eigenvalue weighted by atomic mass is 16.5. The molecule has 1 aromatic heterocycles. The van der Waals surface area contributed by atoms with Crippen molar-refractivity contribution in [3.63, 3.8) is 0 Å². The van der Waals surface area contributed by atoms with Crippen LogP contribution in [0.2, 0.25) is 0 Å². The summed E-state index contributed by atoms with van der Waals surface area (Å²) in [6.45, 7) is 1.78. The summed E-state index contributed by atoms with van der Waals surface area (Å²) in [5.41, 5.74) is 11.2. The van der Waals surface area contributed by atoms with Crippen molar-refractivity contribution >= 4 is 40.7 Å². The van der Waals surface area contributed by atoms with Crippen molar-refractivity contribution in [2.45, 2.75) is 19.8 Å². The van der Waals surface area contributed by atoms with Crippen LogP contribution in [-0.2, 0) is 16.0 Å². The van der Waals surface area contributed by atoms with E-state index in [2.05, 4.69) is 15.3 Å². The first kappa shape index (κ1) is 21.9. The van der Waals surface area contributed by atoms with Crippen molar-refractivity contribution in [2.75, 3.05) is 18.2 Å². The largest absolute Gasteiger partial charge is 0.494 e. The molecule has 0 unspecified atom stereocenters. The number of amides is 1. The molecule has 8 nitrogen and oxygen atoms in total. The molecular formula is C25H24N4O4. The van der Waals surface area contributed by atoms with Crippen molar-refractivity contribution < 1.29 is 19.4 Å². The zero-order valence-corrected chi connectivity index (χ0v) is 18.3. The number of rotatable bonds is 5. The van der Waals surface area contributed by atoms with E-state index in [0.29, 0.717) is 52.3 Å². The van der Waals surface area contributed by atoms with Gasteiger partial charge in [-0.3, -0.25) is 9.79 Å². The molecule has 0 atom stereocenters. The zero-order valence-electron chi connectivity index (χ0n) is 18.3. The van der Waals surface area contributed by atoms with Crippen molar-refractivity contribution in [1.29, 1.82) is 0 Å². The van der Waals surface area contributed by atoms with Crippen LogP contribution < -0.4 is 11.1 Å². The molecule has 1 aliphatic carbocycles. The highest BCUT2D eigenvalue weighted by molar-refractivity contribution is 6.08. The van der Waals surface area contributed by atoms with Crippen LogP contribution in [0.3, 0.4) is 0 Å². The molecule has 0 saturated heterocycles. The number of methoxy groups -OCH3 is 1. The molecule has 1 heterocycles. The van der Waals surface area contributed by atoms with Crippen molar-refractivity contribution in [3.05, 3.63) is 76.5 Å². The number of hydrogen-bond donors (Lipinski definition) is 4. The minimum atomic E-state index is -0.381. The zero-order chi connectivity index (χ0) is 23.5. The molecule has 0 aliphatic heterocycles. The second-order valence-electron chi connectivity index (χ2n) is 7.69. The first-order chi connectivity index (χ1) is 15.9. The first-order valence-electron chi connectivity index (χ1n) is 10.4. The number of fused-ring (bicyclic) bond motifs is 1. The molecule has 8 heteroatoms. The third-order valence-corrected chi connectivity index (χ3v) is 5.51. The summed E-state index contributed by atoms with van der Waals surface area (Å²) in [4.78, 5) is 32.0. The van der Waals surface area contributed by atoms with Crippen LogP contribution in [0.4, 0.5) is 17.1 Å². The van der Waals surface area contributed by atoms with E-state index in [0.717, 1.165) is 11.3 Å². The number of H-pyrrole nitrogens is 1. The Morgan fingerprint density at radius 1 is 1.12 bits per heavy atom. The normalized spacial score (nSPS) is 13.2. The SMILES string of the molecule is COC(=O)C1=Cc2c([nH]c(O)c2C(C)=Nc2ccc(C(=O)Nc3ccccc3N)cc2)CC1. The summed E-state index contributed by atoms with van der Waals surface area (Å²) in [5, 5.41) is 13.3. The number of nitrogens with one attached hydrogen (secondary N) is 2. The van der Waals surface area contributed by atoms with Gasteiger partial charge in [-0.25, -0.2) is 4.79 Å². The third-order valence-electron chi connectivity index (χ3n) is 5.51. The molecule has 1 amide bonds. The van der Waals surface area contributed by atoms with Crippen LogP contribution in [0.5, 0.6) is 5.88 Å². The maximum absolute atomic E-state index is 12.5. The molecule has 168 valence electrons. The predicted octanol–water partition coefficient (Wildman–Crippen LogP) is 4.20. The minimum absolute atomic E-state index is 0.0000589. The van der Waals surface area contributed by atoms with Gasteiger partial charge in [-0.15, -0.1) is 0 Å². The summed E-state index contributed by atoms with van der Waals surface area (Å²) in [6, 6.07) is 13.8. The van der Waals surface area contributed by atoms with Crippen molar-refractivity contribution in [2.24, 2.45) is 4.99 Å². The number of nitrogens with zero attached hydrogens (tertiary/aromatic N) is 1. The quantitative estimate of drug-likeness (QED) is 0.266. The summed E-state index contributed by atoms with van der Waals surface area (Å²) in [7, 11) is 1.35. The lowest BCUT2D eigenvalue weighted by molar-refractivity contribution is -0.136. The molecule has 3 aromatic rings. The van der Waals surface area contributed by atoms with Gasteiger partial charge in [0.05, 0.1) is 35.4 Å². The number of esters is 1. The molecule has 0 fully saturated rings. The van der Waals surface area contributed by atoms with Gasteiger partial charge >= 0.3 is 5.97 Å². The van der Waals surface area contributed by atoms with Crippen molar-refractivity contribution in [3.8, 4) is 5.88 Å². The number of aromatic hydroxyl groups is 1. The van der Waals surface area contributed by atoms with Gasteiger partial charge < -0.3 is 25.9 Å². The number of anilines is 2. The molecule has 0 radical (unpaired) electrons. The number of ether oxygens (including phenoxy) is 1. The number of para-hydroxylation sites is 2. The summed E-state index contributed by atoms with van der Waals surface area (Å²) in [5.74, 6) is -0.661. The van der Waals surface area contributed by atoms with Gasteiger partial charge in [0.2, 0.25) is 0 Å². The Morgan fingerprint density at radius 2 is 1.85 bits per heavy atom.